The highest BCUT2D eigenvalue weighted by Crippen LogP contribution is 2.23. The van der Waals surface area contributed by atoms with Crippen LogP contribution in [0.25, 0.3) is 0 Å². The van der Waals surface area contributed by atoms with Gasteiger partial charge in [-0.3, -0.25) is 0 Å². The van der Waals surface area contributed by atoms with Crippen LogP contribution in [0.15, 0.2) is 48.5 Å². The maximum absolute atomic E-state index is 6.08. The number of hydrogen-bond acceptors (Lipinski definition) is 1. The lowest BCUT2D eigenvalue weighted by molar-refractivity contribution is -0.903. The van der Waals surface area contributed by atoms with E-state index in [4.69, 9.17) is 27.9 Å². The van der Waals surface area contributed by atoms with Crippen LogP contribution in [0, 0.1) is 0 Å². The summed E-state index contributed by atoms with van der Waals surface area (Å²) in [5.74, 6) is 0.741. The van der Waals surface area contributed by atoms with E-state index in [-0.39, 0.29) is 12.4 Å². The van der Waals surface area contributed by atoms with Crippen LogP contribution >= 0.6 is 23.2 Å². The summed E-state index contributed by atoms with van der Waals surface area (Å²) >= 11 is 12.0. The van der Waals surface area contributed by atoms with Crippen molar-refractivity contribution in [3.8, 4) is 5.75 Å². The number of hydrogen-bond donors (Lipinski definition) is 0. The number of quaternary nitrogens is 1. The average molecular weight is 361 g/mol. The van der Waals surface area contributed by atoms with Crippen molar-refractivity contribution >= 4 is 23.2 Å². The van der Waals surface area contributed by atoms with Gasteiger partial charge < -0.3 is 21.6 Å². The first-order valence-corrected chi connectivity index (χ1v) is 7.66. The molecule has 5 heteroatoms. The monoisotopic (exact) mass is 359 g/mol. The summed E-state index contributed by atoms with van der Waals surface area (Å²) < 4.78 is 6.60. The van der Waals surface area contributed by atoms with Gasteiger partial charge in [0.25, 0.3) is 0 Å². The van der Waals surface area contributed by atoms with E-state index in [1.54, 1.807) is 0 Å². The van der Waals surface area contributed by atoms with Crippen LogP contribution in [0.3, 0.4) is 0 Å². The van der Waals surface area contributed by atoms with Gasteiger partial charge in [-0.1, -0.05) is 47.5 Å². The van der Waals surface area contributed by atoms with Gasteiger partial charge in [-0.05, 0) is 24.3 Å². The molecule has 0 aliphatic rings. The quantitative estimate of drug-likeness (QED) is 0.712. The molecule has 2 aromatic carbocycles. The van der Waals surface area contributed by atoms with Gasteiger partial charge >= 0.3 is 0 Å². The van der Waals surface area contributed by atoms with E-state index < -0.39 is 0 Å². The molecular weight excluding hydrogens is 341 g/mol. The lowest BCUT2D eigenvalue weighted by atomic mass is 10.2. The van der Waals surface area contributed by atoms with E-state index in [2.05, 4.69) is 26.2 Å². The maximum atomic E-state index is 6.08. The molecule has 0 spiro atoms. The molecule has 0 saturated carbocycles. The van der Waals surface area contributed by atoms with Crippen molar-refractivity contribution in [2.75, 3.05) is 27.2 Å². The molecule has 0 atom stereocenters. The zero-order chi connectivity index (χ0) is 15.3. The van der Waals surface area contributed by atoms with E-state index in [0.29, 0.717) is 11.6 Å². The van der Waals surface area contributed by atoms with Crippen molar-refractivity contribution in [1.29, 1.82) is 0 Å². The number of para-hydroxylation sites is 1. The van der Waals surface area contributed by atoms with Crippen molar-refractivity contribution in [1.82, 2.24) is 0 Å². The van der Waals surface area contributed by atoms with Crippen LogP contribution in [0.4, 0.5) is 0 Å². The molecule has 0 amide bonds. The third-order valence-electron chi connectivity index (χ3n) is 3.31. The first-order valence-electron chi connectivity index (χ1n) is 6.90. The van der Waals surface area contributed by atoms with E-state index >= 15 is 0 Å². The third kappa shape index (κ3) is 6.05. The second kappa shape index (κ2) is 8.64. The first-order chi connectivity index (χ1) is 9.96. The predicted octanol–water partition coefficient (Wildman–Crippen LogP) is 1.65. The highest BCUT2D eigenvalue weighted by molar-refractivity contribution is 6.32. The number of nitrogens with zero attached hydrogens (tertiary/aromatic N) is 1. The van der Waals surface area contributed by atoms with Gasteiger partial charge in [-0.25, -0.2) is 0 Å². The van der Waals surface area contributed by atoms with E-state index in [1.807, 2.05) is 36.4 Å². The molecule has 0 heterocycles. The molecular formula is C17H20Cl3NO. The zero-order valence-corrected chi connectivity index (χ0v) is 15.0. The lowest BCUT2D eigenvalue weighted by Crippen LogP contribution is -3.00. The van der Waals surface area contributed by atoms with Gasteiger partial charge in [0, 0.05) is 10.6 Å². The lowest BCUT2D eigenvalue weighted by Gasteiger charge is -2.29. The van der Waals surface area contributed by atoms with E-state index in [0.717, 1.165) is 28.3 Å². The highest BCUT2D eigenvalue weighted by Gasteiger charge is 2.16. The van der Waals surface area contributed by atoms with E-state index in [9.17, 15) is 0 Å². The summed E-state index contributed by atoms with van der Waals surface area (Å²) in [6.45, 7) is 2.46. The fourth-order valence-electron chi connectivity index (χ4n) is 2.13. The first kappa shape index (κ1) is 19.1. The summed E-state index contributed by atoms with van der Waals surface area (Å²) in [6, 6.07) is 15.5. The number of ether oxygens (including phenoxy) is 1. The Morgan fingerprint density at radius 3 is 2.23 bits per heavy atom. The Kier molecular flexibility index (Phi) is 7.51. The molecule has 0 saturated heterocycles. The molecule has 0 fully saturated rings. The van der Waals surface area contributed by atoms with Gasteiger partial charge in [0.15, 0.2) is 0 Å². The van der Waals surface area contributed by atoms with Crippen LogP contribution in [-0.4, -0.2) is 31.7 Å². The highest BCUT2D eigenvalue weighted by atomic mass is 35.5. The number of rotatable bonds is 6. The summed E-state index contributed by atoms with van der Waals surface area (Å²) in [5, 5.41) is 1.42. The van der Waals surface area contributed by atoms with Crippen LogP contribution in [-0.2, 0) is 6.54 Å². The molecule has 0 radical (unpaired) electrons. The van der Waals surface area contributed by atoms with Crippen molar-refractivity contribution in [2.45, 2.75) is 6.54 Å². The minimum absolute atomic E-state index is 0. The minimum atomic E-state index is 0. The van der Waals surface area contributed by atoms with Crippen LogP contribution in [0.2, 0.25) is 10.0 Å². The summed E-state index contributed by atoms with van der Waals surface area (Å²) in [5.41, 5.74) is 1.27. The molecule has 0 N–H and O–H groups in total. The molecule has 0 bridgehead atoms. The van der Waals surface area contributed by atoms with Gasteiger partial charge in [0.1, 0.15) is 25.4 Å². The largest absolute Gasteiger partial charge is 1.00 e. The molecule has 2 aromatic rings. The number of benzene rings is 2. The van der Waals surface area contributed by atoms with Crippen LogP contribution < -0.4 is 17.1 Å². The standard InChI is InChI=1S/C17H20Cl2NO.ClH/c1-20(2,13-14-7-9-15(18)10-8-14)11-12-21-17-6-4-3-5-16(17)19;/h3-10H,11-13H2,1-2H3;1H/q+1;/p-1. The molecule has 0 unspecified atom stereocenters. The second-order valence-corrected chi connectivity index (χ2v) is 6.57. The van der Waals surface area contributed by atoms with Gasteiger partial charge in [0.05, 0.1) is 19.1 Å². The second-order valence-electron chi connectivity index (χ2n) is 5.72. The Morgan fingerprint density at radius 2 is 1.59 bits per heavy atom. The van der Waals surface area contributed by atoms with Gasteiger partial charge in [-0.2, -0.15) is 0 Å². The molecule has 0 aliphatic heterocycles. The molecule has 0 aromatic heterocycles. The van der Waals surface area contributed by atoms with Gasteiger partial charge in [0.2, 0.25) is 0 Å². The summed E-state index contributed by atoms with van der Waals surface area (Å²) in [6.07, 6.45) is 0. The van der Waals surface area contributed by atoms with Crippen molar-refractivity contribution in [2.24, 2.45) is 0 Å². The zero-order valence-electron chi connectivity index (χ0n) is 12.7. The molecule has 2 nitrogen and oxygen atoms in total. The molecule has 120 valence electrons. The Balaban J connectivity index is 0.00000242. The maximum Gasteiger partial charge on any atom is 0.138 e. The number of likely N-dealkylation sites (N-methyl/N-ethyl adjacent to an activating group) is 1. The molecule has 22 heavy (non-hydrogen) atoms. The molecule has 2 rings (SSSR count). The van der Waals surface area contributed by atoms with Gasteiger partial charge in [-0.15, -0.1) is 0 Å². The topological polar surface area (TPSA) is 9.23 Å². The SMILES string of the molecule is C[N+](C)(CCOc1ccccc1Cl)Cc1ccc(Cl)cc1.[Cl-]. The fourth-order valence-corrected chi connectivity index (χ4v) is 2.44. The number of halogens is 3. The Morgan fingerprint density at radius 1 is 0.955 bits per heavy atom. The average Bonchev–Trinajstić information content (AvgIpc) is 2.43. The third-order valence-corrected chi connectivity index (χ3v) is 3.88. The molecule has 0 aliphatic carbocycles. The van der Waals surface area contributed by atoms with Crippen molar-refractivity contribution < 1.29 is 21.6 Å². The predicted molar refractivity (Wildman–Crippen MR) is 89.1 cm³/mol. The summed E-state index contributed by atoms with van der Waals surface area (Å²) in [7, 11) is 4.37. The smallest absolute Gasteiger partial charge is 0.138 e. The normalized spacial score (nSPS) is 10.9. The Labute approximate surface area is 148 Å². The van der Waals surface area contributed by atoms with Crippen LogP contribution in [0.5, 0.6) is 5.75 Å². The van der Waals surface area contributed by atoms with Crippen molar-refractivity contribution in [3.63, 3.8) is 0 Å². The Hall–Kier alpha value is -0.930. The summed E-state index contributed by atoms with van der Waals surface area (Å²) in [4.78, 5) is 0. The minimum Gasteiger partial charge on any atom is -1.00 e. The fraction of sp³-hybridized carbons (Fsp3) is 0.294. The van der Waals surface area contributed by atoms with Crippen molar-refractivity contribution in [3.05, 3.63) is 64.1 Å². The Bertz CT molecular complexity index is 585. The van der Waals surface area contributed by atoms with E-state index in [1.165, 1.54) is 5.56 Å². The van der Waals surface area contributed by atoms with Crippen LogP contribution in [0.1, 0.15) is 5.56 Å².